The minimum absolute atomic E-state index is 0.0589. The first-order chi connectivity index (χ1) is 7.66. The van der Waals surface area contributed by atoms with Gasteiger partial charge in [0, 0.05) is 11.5 Å². The van der Waals surface area contributed by atoms with Gasteiger partial charge in [0.2, 0.25) is 5.75 Å². The van der Waals surface area contributed by atoms with Gasteiger partial charge in [0.25, 0.3) is 5.19 Å². The van der Waals surface area contributed by atoms with E-state index in [2.05, 4.69) is 14.3 Å². The van der Waals surface area contributed by atoms with Crippen molar-refractivity contribution in [2.45, 2.75) is 6.92 Å². The highest BCUT2D eigenvalue weighted by Gasteiger charge is 2.17. The molecule has 0 N–H and O–H groups in total. The number of aromatic nitrogens is 3. The number of hydrogen-bond acceptors (Lipinski definition) is 7. The Labute approximate surface area is 94.1 Å². The van der Waals surface area contributed by atoms with Crippen LogP contribution >= 0.6 is 11.5 Å². The van der Waals surface area contributed by atoms with Crippen molar-refractivity contribution in [3.05, 3.63) is 34.3 Å². The van der Waals surface area contributed by atoms with E-state index >= 15 is 0 Å². The van der Waals surface area contributed by atoms with Gasteiger partial charge in [0.1, 0.15) is 12.0 Å². The second-order valence-corrected chi connectivity index (χ2v) is 3.51. The fourth-order valence-electron chi connectivity index (χ4n) is 1.01. The molecule has 0 spiro atoms. The molecule has 0 saturated carbocycles. The monoisotopic (exact) mass is 238 g/mol. The van der Waals surface area contributed by atoms with Gasteiger partial charge in [0.15, 0.2) is 0 Å². The van der Waals surface area contributed by atoms with E-state index in [-0.39, 0.29) is 16.8 Å². The maximum absolute atomic E-state index is 10.6. The second-order valence-electron chi connectivity index (χ2n) is 2.79. The molecule has 16 heavy (non-hydrogen) atoms. The number of rotatable bonds is 3. The quantitative estimate of drug-likeness (QED) is 0.599. The summed E-state index contributed by atoms with van der Waals surface area (Å²) >= 11 is 1.03. The third-order valence-corrected chi connectivity index (χ3v) is 2.32. The summed E-state index contributed by atoms with van der Waals surface area (Å²) in [6.45, 7) is 1.71. The number of aryl methyl sites for hydroxylation is 1. The fraction of sp³-hybridized carbons (Fsp3) is 0.125. The van der Waals surface area contributed by atoms with Crippen LogP contribution in [-0.2, 0) is 0 Å². The van der Waals surface area contributed by atoms with Gasteiger partial charge in [-0.05, 0) is 29.0 Å². The van der Waals surface area contributed by atoms with Crippen molar-refractivity contribution < 1.29 is 9.66 Å². The Morgan fingerprint density at radius 1 is 1.56 bits per heavy atom. The number of nitrogens with zero attached hydrogens (tertiary/aromatic N) is 4. The van der Waals surface area contributed by atoms with Crippen LogP contribution in [0, 0.1) is 17.0 Å². The van der Waals surface area contributed by atoms with Gasteiger partial charge in [-0.2, -0.15) is 9.36 Å². The first kappa shape index (κ1) is 10.4. The van der Waals surface area contributed by atoms with E-state index < -0.39 is 4.92 Å². The topological polar surface area (TPSA) is 91.0 Å². The number of hydrogen-bond donors (Lipinski definition) is 0. The SMILES string of the molecule is Cc1nsc(Oc2cccnc2[N+](=O)[O-])n1. The van der Waals surface area contributed by atoms with Crippen LogP contribution in [0.5, 0.6) is 10.9 Å². The van der Waals surface area contributed by atoms with E-state index in [4.69, 9.17) is 4.74 Å². The van der Waals surface area contributed by atoms with Crippen molar-refractivity contribution in [2.24, 2.45) is 0 Å². The normalized spacial score (nSPS) is 10.1. The van der Waals surface area contributed by atoms with Gasteiger partial charge in [-0.1, -0.05) is 0 Å². The average Bonchev–Trinajstić information content (AvgIpc) is 2.64. The van der Waals surface area contributed by atoms with Crippen LogP contribution < -0.4 is 4.74 Å². The largest absolute Gasteiger partial charge is 0.421 e. The zero-order valence-corrected chi connectivity index (χ0v) is 8.97. The molecule has 0 aliphatic rings. The zero-order chi connectivity index (χ0) is 11.5. The summed E-state index contributed by atoms with van der Waals surface area (Å²) in [6, 6.07) is 3.01. The van der Waals surface area contributed by atoms with E-state index in [9.17, 15) is 10.1 Å². The molecule has 2 heterocycles. The fourth-order valence-corrected chi connectivity index (χ4v) is 1.56. The van der Waals surface area contributed by atoms with Crippen molar-refractivity contribution in [1.82, 2.24) is 14.3 Å². The molecule has 7 nitrogen and oxygen atoms in total. The molecule has 0 unspecified atom stereocenters. The maximum Gasteiger partial charge on any atom is 0.406 e. The highest BCUT2D eigenvalue weighted by atomic mass is 32.1. The third-order valence-electron chi connectivity index (χ3n) is 1.63. The van der Waals surface area contributed by atoms with E-state index in [0.29, 0.717) is 5.82 Å². The summed E-state index contributed by atoms with van der Waals surface area (Å²) < 4.78 is 9.13. The lowest BCUT2D eigenvalue weighted by Gasteiger charge is -2.00. The summed E-state index contributed by atoms with van der Waals surface area (Å²) in [7, 11) is 0. The molecule has 0 saturated heterocycles. The minimum Gasteiger partial charge on any atom is -0.421 e. The molecule has 0 radical (unpaired) electrons. The Bertz CT molecular complexity index is 528. The van der Waals surface area contributed by atoms with Gasteiger partial charge in [-0.15, -0.1) is 0 Å². The molecular formula is C8H6N4O3S. The van der Waals surface area contributed by atoms with Crippen LogP contribution in [-0.4, -0.2) is 19.3 Å². The first-order valence-electron chi connectivity index (χ1n) is 4.24. The highest BCUT2D eigenvalue weighted by molar-refractivity contribution is 7.07. The molecule has 0 amide bonds. The molecule has 0 aliphatic heterocycles. The van der Waals surface area contributed by atoms with Gasteiger partial charge >= 0.3 is 5.82 Å². The lowest BCUT2D eigenvalue weighted by Crippen LogP contribution is -1.95. The Morgan fingerprint density at radius 2 is 2.38 bits per heavy atom. The third kappa shape index (κ3) is 2.11. The van der Waals surface area contributed by atoms with Crippen LogP contribution in [0.4, 0.5) is 5.82 Å². The van der Waals surface area contributed by atoms with Crippen molar-refractivity contribution in [3.8, 4) is 10.9 Å². The molecule has 82 valence electrons. The summed E-state index contributed by atoms with van der Waals surface area (Å²) in [6.07, 6.45) is 1.33. The predicted octanol–water partition coefficient (Wildman–Crippen LogP) is 1.94. The molecule has 0 atom stereocenters. The molecule has 0 fully saturated rings. The zero-order valence-electron chi connectivity index (χ0n) is 8.15. The lowest BCUT2D eigenvalue weighted by molar-refractivity contribution is -0.390. The number of ether oxygens (including phenoxy) is 1. The van der Waals surface area contributed by atoms with Gasteiger partial charge in [-0.3, -0.25) is 0 Å². The van der Waals surface area contributed by atoms with Crippen LogP contribution in [0.2, 0.25) is 0 Å². The van der Waals surface area contributed by atoms with E-state index in [0.717, 1.165) is 11.5 Å². The number of pyridine rings is 1. The lowest BCUT2D eigenvalue weighted by atomic mass is 10.4. The van der Waals surface area contributed by atoms with Crippen molar-refractivity contribution in [2.75, 3.05) is 0 Å². The molecule has 2 aromatic heterocycles. The second kappa shape index (κ2) is 4.19. The van der Waals surface area contributed by atoms with Crippen molar-refractivity contribution in [3.63, 3.8) is 0 Å². The molecule has 0 bridgehead atoms. The first-order valence-corrected chi connectivity index (χ1v) is 5.02. The Morgan fingerprint density at radius 3 is 3.00 bits per heavy atom. The molecule has 0 aliphatic carbocycles. The smallest absolute Gasteiger partial charge is 0.406 e. The molecule has 2 rings (SSSR count). The van der Waals surface area contributed by atoms with Gasteiger partial charge in [0.05, 0.1) is 0 Å². The molecular weight excluding hydrogens is 232 g/mol. The van der Waals surface area contributed by atoms with Crippen LogP contribution in [0.25, 0.3) is 0 Å². The summed E-state index contributed by atoms with van der Waals surface area (Å²) in [5.41, 5.74) is 0. The van der Waals surface area contributed by atoms with Crippen molar-refractivity contribution in [1.29, 1.82) is 0 Å². The minimum atomic E-state index is -0.608. The van der Waals surface area contributed by atoms with Gasteiger partial charge < -0.3 is 14.9 Å². The Hall–Kier alpha value is -2.09. The van der Waals surface area contributed by atoms with E-state index in [1.54, 1.807) is 13.0 Å². The van der Waals surface area contributed by atoms with E-state index in [1.165, 1.54) is 12.3 Å². The average molecular weight is 238 g/mol. The van der Waals surface area contributed by atoms with Crippen LogP contribution in [0.15, 0.2) is 18.3 Å². The summed E-state index contributed by atoms with van der Waals surface area (Å²) in [5, 5.41) is 10.9. The van der Waals surface area contributed by atoms with Crippen molar-refractivity contribution >= 4 is 17.4 Å². The van der Waals surface area contributed by atoms with E-state index in [1.807, 2.05) is 0 Å². The van der Waals surface area contributed by atoms with Crippen LogP contribution in [0.3, 0.4) is 0 Å². The summed E-state index contributed by atoms with van der Waals surface area (Å²) in [4.78, 5) is 17.6. The Kier molecular flexibility index (Phi) is 2.73. The Balaban J connectivity index is 2.31. The standard InChI is InChI=1S/C8H6N4O3S/c1-5-10-8(16-11-5)15-6-3-2-4-9-7(6)12(13)14/h2-4H,1H3. The number of nitro groups is 1. The maximum atomic E-state index is 10.6. The summed E-state index contributed by atoms with van der Waals surface area (Å²) in [5.74, 6) is 0.283. The highest BCUT2D eigenvalue weighted by Crippen LogP contribution is 2.29. The molecule has 8 heteroatoms. The predicted molar refractivity (Wildman–Crippen MR) is 55.6 cm³/mol. The molecule has 0 aromatic carbocycles. The van der Waals surface area contributed by atoms with Gasteiger partial charge in [-0.25, -0.2) is 0 Å². The van der Waals surface area contributed by atoms with Crippen LogP contribution in [0.1, 0.15) is 5.82 Å². The molecule has 2 aromatic rings.